The molecule has 0 bridgehead atoms. The maximum Gasteiger partial charge on any atom is 0.328 e. The van der Waals surface area contributed by atoms with Crippen molar-refractivity contribution in [2.75, 3.05) is 7.05 Å². The van der Waals surface area contributed by atoms with Crippen LogP contribution in [0, 0.1) is 0 Å². The first-order valence-corrected chi connectivity index (χ1v) is 5.09. The summed E-state index contributed by atoms with van der Waals surface area (Å²) >= 11 is 0. The summed E-state index contributed by atoms with van der Waals surface area (Å²) < 4.78 is 0. The number of nitrogens with zero attached hydrogens (tertiary/aromatic N) is 2. The van der Waals surface area contributed by atoms with Gasteiger partial charge in [-0.2, -0.15) is 0 Å². The molecule has 1 aromatic rings. The second-order valence-electron chi connectivity index (χ2n) is 4.61. The summed E-state index contributed by atoms with van der Waals surface area (Å²) in [5.74, 6) is -0.684. The number of rotatable bonds is 3. The van der Waals surface area contributed by atoms with Crippen LogP contribution in [0.4, 0.5) is 0 Å². The highest BCUT2D eigenvalue weighted by molar-refractivity contribution is 5.74. The number of carboxylic acid groups (broad SMARTS) is 1. The van der Waals surface area contributed by atoms with Crippen LogP contribution in [-0.2, 0) is 10.2 Å². The molecule has 0 aliphatic carbocycles. The van der Waals surface area contributed by atoms with Crippen molar-refractivity contribution < 1.29 is 9.90 Å². The largest absolute Gasteiger partial charge is 0.480 e. The number of likely N-dealkylation sites (N-methyl/N-ethyl adjacent to an activating group) is 1. The van der Waals surface area contributed by atoms with E-state index in [1.807, 2.05) is 20.8 Å². The Bertz CT molecular complexity index is 385. The summed E-state index contributed by atoms with van der Waals surface area (Å²) in [5, 5.41) is 11.6. The fraction of sp³-hybridized carbons (Fsp3) is 0.545. The number of hydrogen-bond donors (Lipinski definition) is 2. The van der Waals surface area contributed by atoms with Crippen molar-refractivity contribution in [3.05, 3.63) is 23.8 Å². The monoisotopic (exact) mass is 223 g/mol. The van der Waals surface area contributed by atoms with Gasteiger partial charge in [-0.1, -0.05) is 20.8 Å². The molecule has 0 saturated carbocycles. The highest BCUT2D eigenvalue weighted by atomic mass is 16.4. The molecule has 0 fully saturated rings. The van der Waals surface area contributed by atoms with Crippen LogP contribution in [0.3, 0.4) is 0 Å². The molecule has 16 heavy (non-hydrogen) atoms. The van der Waals surface area contributed by atoms with Crippen molar-refractivity contribution in [1.82, 2.24) is 15.3 Å². The van der Waals surface area contributed by atoms with Gasteiger partial charge in [0.15, 0.2) is 11.9 Å². The van der Waals surface area contributed by atoms with E-state index < -0.39 is 12.0 Å². The maximum atomic E-state index is 10.9. The topological polar surface area (TPSA) is 75.1 Å². The highest BCUT2D eigenvalue weighted by Gasteiger charge is 2.23. The van der Waals surface area contributed by atoms with Gasteiger partial charge in [0.25, 0.3) is 0 Å². The number of hydrogen-bond acceptors (Lipinski definition) is 4. The number of carboxylic acids is 1. The third kappa shape index (κ3) is 2.76. The van der Waals surface area contributed by atoms with Crippen LogP contribution in [0.15, 0.2) is 12.3 Å². The Kier molecular flexibility index (Phi) is 3.59. The molecule has 1 unspecified atom stereocenters. The average molecular weight is 223 g/mol. The summed E-state index contributed by atoms with van der Waals surface area (Å²) in [5.41, 5.74) is 0.716. The fourth-order valence-corrected chi connectivity index (χ4v) is 1.29. The normalized spacial score (nSPS) is 13.5. The van der Waals surface area contributed by atoms with Gasteiger partial charge in [-0.15, -0.1) is 0 Å². The molecule has 5 nitrogen and oxygen atoms in total. The van der Waals surface area contributed by atoms with Gasteiger partial charge < -0.3 is 10.4 Å². The van der Waals surface area contributed by atoms with E-state index >= 15 is 0 Å². The van der Waals surface area contributed by atoms with E-state index in [1.165, 1.54) is 0 Å². The molecule has 1 heterocycles. The van der Waals surface area contributed by atoms with E-state index in [4.69, 9.17) is 5.11 Å². The molecule has 2 N–H and O–H groups in total. The third-order valence-electron chi connectivity index (χ3n) is 2.24. The van der Waals surface area contributed by atoms with Crippen molar-refractivity contribution >= 4 is 5.97 Å². The first kappa shape index (κ1) is 12.6. The SMILES string of the molecule is CNC(C(=O)O)c1nccc(C(C)(C)C)n1. The molecule has 0 amide bonds. The van der Waals surface area contributed by atoms with Gasteiger partial charge in [0, 0.05) is 17.3 Å². The molecule has 1 aromatic heterocycles. The summed E-state index contributed by atoms with van der Waals surface area (Å²) in [6, 6.07) is 0.945. The zero-order chi connectivity index (χ0) is 12.3. The second-order valence-corrected chi connectivity index (χ2v) is 4.61. The molecule has 1 atom stereocenters. The lowest BCUT2D eigenvalue weighted by molar-refractivity contribution is -0.139. The Morgan fingerprint density at radius 3 is 2.56 bits per heavy atom. The fourth-order valence-electron chi connectivity index (χ4n) is 1.29. The van der Waals surface area contributed by atoms with Crippen LogP contribution < -0.4 is 5.32 Å². The van der Waals surface area contributed by atoms with Crippen molar-refractivity contribution in [3.8, 4) is 0 Å². The predicted molar refractivity (Wildman–Crippen MR) is 60.2 cm³/mol. The molecule has 0 radical (unpaired) electrons. The Morgan fingerprint density at radius 1 is 1.50 bits per heavy atom. The minimum absolute atomic E-state index is 0.117. The number of aliphatic carboxylic acids is 1. The summed E-state index contributed by atoms with van der Waals surface area (Å²) in [6.45, 7) is 6.07. The Labute approximate surface area is 94.9 Å². The molecule has 0 aliphatic rings. The van der Waals surface area contributed by atoms with E-state index in [-0.39, 0.29) is 5.41 Å². The van der Waals surface area contributed by atoms with Crippen molar-refractivity contribution in [3.63, 3.8) is 0 Å². The molecular weight excluding hydrogens is 206 g/mol. The van der Waals surface area contributed by atoms with Gasteiger partial charge >= 0.3 is 5.97 Å². The van der Waals surface area contributed by atoms with Gasteiger partial charge in [0.05, 0.1) is 0 Å². The van der Waals surface area contributed by atoms with Crippen LogP contribution in [0.5, 0.6) is 0 Å². The van der Waals surface area contributed by atoms with Crippen LogP contribution in [-0.4, -0.2) is 28.1 Å². The van der Waals surface area contributed by atoms with E-state index in [0.717, 1.165) is 5.69 Å². The minimum atomic E-state index is -0.978. The van der Waals surface area contributed by atoms with Crippen molar-refractivity contribution in [2.24, 2.45) is 0 Å². The lowest BCUT2D eigenvalue weighted by atomic mass is 9.92. The quantitative estimate of drug-likeness (QED) is 0.803. The lowest BCUT2D eigenvalue weighted by Gasteiger charge is -2.19. The molecule has 0 aliphatic heterocycles. The number of nitrogens with one attached hydrogen (secondary N) is 1. The van der Waals surface area contributed by atoms with Gasteiger partial charge in [-0.25, -0.2) is 9.97 Å². The summed E-state index contributed by atoms with van der Waals surface area (Å²) in [7, 11) is 1.58. The highest BCUT2D eigenvalue weighted by Crippen LogP contribution is 2.20. The average Bonchev–Trinajstić information content (AvgIpc) is 2.17. The molecule has 0 saturated heterocycles. The van der Waals surface area contributed by atoms with E-state index in [9.17, 15) is 4.79 Å². The molecule has 0 spiro atoms. The smallest absolute Gasteiger partial charge is 0.328 e. The van der Waals surface area contributed by atoms with Gasteiger partial charge in [0.1, 0.15) is 0 Å². The van der Waals surface area contributed by atoms with Gasteiger partial charge in [0.2, 0.25) is 0 Å². The maximum absolute atomic E-state index is 10.9. The Hall–Kier alpha value is -1.49. The lowest BCUT2D eigenvalue weighted by Crippen LogP contribution is -2.28. The summed E-state index contributed by atoms with van der Waals surface area (Å²) in [6.07, 6.45) is 1.59. The van der Waals surface area contributed by atoms with E-state index in [2.05, 4.69) is 15.3 Å². The van der Waals surface area contributed by atoms with Crippen LogP contribution >= 0.6 is 0 Å². The minimum Gasteiger partial charge on any atom is -0.480 e. The molecular formula is C11H17N3O2. The summed E-state index contributed by atoms with van der Waals surface area (Å²) in [4.78, 5) is 19.2. The molecule has 1 rings (SSSR count). The third-order valence-corrected chi connectivity index (χ3v) is 2.24. The first-order chi connectivity index (χ1) is 7.36. The Morgan fingerprint density at radius 2 is 2.12 bits per heavy atom. The van der Waals surface area contributed by atoms with E-state index in [0.29, 0.717) is 5.82 Å². The predicted octanol–water partition coefficient (Wildman–Crippen LogP) is 1.12. The van der Waals surface area contributed by atoms with Crippen LogP contribution in [0.1, 0.15) is 38.3 Å². The Balaban J connectivity index is 3.11. The van der Waals surface area contributed by atoms with Gasteiger partial charge in [-0.05, 0) is 13.1 Å². The molecule has 88 valence electrons. The van der Waals surface area contributed by atoms with Crippen LogP contribution in [0.2, 0.25) is 0 Å². The zero-order valence-electron chi connectivity index (χ0n) is 9.98. The van der Waals surface area contributed by atoms with Crippen molar-refractivity contribution in [1.29, 1.82) is 0 Å². The zero-order valence-corrected chi connectivity index (χ0v) is 9.98. The van der Waals surface area contributed by atoms with Crippen molar-refractivity contribution in [2.45, 2.75) is 32.2 Å². The molecule has 0 aromatic carbocycles. The second kappa shape index (κ2) is 4.57. The van der Waals surface area contributed by atoms with Gasteiger partial charge in [-0.3, -0.25) is 4.79 Å². The standard InChI is InChI=1S/C11H17N3O2/c1-11(2,3)7-5-6-13-9(14-7)8(12-4)10(15)16/h5-6,8,12H,1-4H3,(H,15,16). The first-order valence-electron chi connectivity index (χ1n) is 5.09. The van der Waals surface area contributed by atoms with E-state index in [1.54, 1.807) is 19.3 Å². The number of aromatic nitrogens is 2. The number of carbonyl (C=O) groups is 1. The molecule has 5 heteroatoms. The van der Waals surface area contributed by atoms with Crippen LogP contribution in [0.25, 0.3) is 0 Å².